The van der Waals surface area contributed by atoms with Gasteiger partial charge in [-0.1, -0.05) is 11.6 Å². The molecule has 1 aromatic carbocycles. The molecule has 3 heterocycles. The van der Waals surface area contributed by atoms with E-state index in [0.717, 1.165) is 18.1 Å². The van der Waals surface area contributed by atoms with Crippen LogP contribution in [0.1, 0.15) is 18.3 Å². The lowest BCUT2D eigenvalue weighted by Crippen LogP contribution is -2.51. The van der Waals surface area contributed by atoms with E-state index in [1.54, 1.807) is 23.2 Å². The summed E-state index contributed by atoms with van der Waals surface area (Å²) in [7, 11) is 1.93. The van der Waals surface area contributed by atoms with E-state index in [0.29, 0.717) is 24.7 Å². The highest BCUT2D eigenvalue weighted by molar-refractivity contribution is 6.30. The van der Waals surface area contributed by atoms with Crippen LogP contribution in [0.5, 0.6) is 0 Å². The Balaban J connectivity index is 0.00000225. The smallest absolute Gasteiger partial charge is 0.228 e. The van der Waals surface area contributed by atoms with Gasteiger partial charge in [-0.05, 0) is 24.3 Å². The van der Waals surface area contributed by atoms with Crippen molar-refractivity contribution >= 4 is 41.5 Å². The van der Waals surface area contributed by atoms with E-state index in [1.165, 1.54) is 0 Å². The average molecular weight is 424 g/mol. The van der Waals surface area contributed by atoms with Crippen molar-refractivity contribution in [3.63, 3.8) is 0 Å². The zero-order valence-corrected chi connectivity index (χ0v) is 17.1. The lowest BCUT2D eigenvalue weighted by Gasteiger charge is -2.37. The molecule has 7 nitrogen and oxygen atoms in total. The summed E-state index contributed by atoms with van der Waals surface area (Å²) < 4.78 is 1.94. The number of benzene rings is 1. The number of rotatable bonds is 3. The quantitative estimate of drug-likeness (QED) is 0.819. The van der Waals surface area contributed by atoms with Crippen molar-refractivity contribution in [1.82, 2.24) is 19.8 Å². The van der Waals surface area contributed by atoms with Crippen LogP contribution in [0.4, 0.5) is 5.69 Å². The fraction of sp³-hybridized carbons (Fsp3) is 0.421. The van der Waals surface area contributed by atoms with Gasteiger partial charge < -0.3 is 19.7 Å². The molecular formula is C19H23Cl2N5O2. The Morgan fingerprint density at radius 3 is 2.71 bits per heavy atom. The van der Waals surface area contributed by atoms with Crippen molar-refractivity contribution in [2.75, 3.05) is 31.1 Å². The molecule has 1 aromatic heterocycles. The SMILES string of the molecule is Cl.Cn1ccnc1C1CNCCN1C(=O)C1CC(=O)N(c2ccc(Cl)cc2)C1. The molecule has 2 fully saturated rings. The molecule has 0 radical (unpaired) electrons. The van der Waals surface area contributed by atoms with E-state index in [9.17, 15) is 9.59 Å². The van der Waals surface area contributed by atoms with Crippen molar-refractivity contribution in [3.8, 4) is 0 Å². The van der Waals surface area contributed by atoms with E-state index in [2.05, 4.69) is 10.3 Å². The number of halogens is 2. The number of aromatic nitrogens is 2. The molecule has 1 N–H and O–H groups in total. The van der Waals surface area contributed by atoms with E-state index in [1.807, 2.05) is 34.8 Å². The molecule has 2 unspecified atom stereocenters. The summed E-state index contributed by atoms with van der Waals surface area (Å²) in [5.74, 6) is 0.511. The molecule has 0 aliphatic carbocycles. The first-order valence-corrected chi connectivity index (χ1v) is 9.46. The first kappa shape index (κ1) is 20.6. The second-order valence-electron chi connectivity index (χ2n) is 7.03. The maximum Gasteiger partial charge on any atom is 0.228 e. The first-order valence-electron chi connectivity index (χ1n) is 9.09. The molecule has 0 saturated carbocycles. The Morgan fingerprint density at radius 1 is 1.29 bits per heavy atom. The highest BCUT2D eigenvalue weighted by atomic mass is 35.5. The van der Waals surface area contributed by atoms with Crippen LogP contribution in [0.3, 0.4) is 0 Å². The average Bonchev–Trinajstić information content (AvgIpc) is 3.27. The Kier molecular flexibility index (Phi) is 6.27. The van der Waals surface area contributed by atoms with Crippen LogP contribution in [0, 0.1) is 5.92 Å². The molecule has 2 aliphatic rings. The number of anilines is 1. The fourth-order valence-electron chi connectivity index (χ4n) is 3.88. The standard InChI is InChI=1S/C19H22ClN5O2.ClH/c1-23-8-7-22-18(23)16-11-21-6-9-24(16)19(27)13-10-17(26)25(12-13)15-4-2-14(20)3-5-15;/h2-5,7-8,13,16,21H,6,9-12H2,1H3;1H. The molecule has 2 atom stereocenters. The third kappa shape index (κ3) is 3.87. The zero-order valence-electron chi connectivity index (χ0n) is 15.5. The van der Waals surface area contributed by atoms with Crippen LogP contribution in [-0.4, -0.2) is 52.4 Å². The van der Waals surface area contributed by atoms with Crippen LogP contribution < -0.4 is 10.2 Å². The van der Waals surface area contributed by atoms with Crippen LogP contribution >= 0.6 is 24.0 Å². The summed E-state index contributed by atoms with van der Waals surface area (Å²) in [6, 6.07) is 7.02. The van der Waals surface area contributed by atoms with Gasteiger partial charge in [0.15, 0.2) is 0 Å². The monoisotopic (exact) mass is 423 g/mol. The molecular weight excluding hydrogens is 401 g/mol. The van der Waals surface area contributed by atoms with Gasteiger partial charge >= 0.3 is 0 Å². The maximum absolute atomic E-state index is 13.3. The van der Waals surface area contributed by atoms with Crippen molar-refractivity contribution in [2.24, 2.45) is 13.0 Å². The van der Waals surface area contributed by atoms with Crippen LogP contribution in [-0.2, 0) is 16.6 Å². The van der Waals surface area contributed by atoms with Crippen molar-refractivity contribution in [2.45, 2.75) is 12.5 Å². The van der Waals surface area contributed by atoms with Gasteiger partial charge in [-0.3, -0.25) is 9.59 Å². The van der Waals surface area contributed by atoms with Crippen molar-refractivity contribution < 1.29 is 9.59 Å². The Morgan fingerprint density at radius 2 is 2.04 bits per heavy atom. The summed E-state index contributed by atoms with van der Waals surface area (Å²) in [6.45, 7) is 2.42. The van der Waals surface area contributed by atoms with Gasteiger partial charge in [0.1, 0.15) is 11.9 Å². The van der Waals surface area contributed by atoms with Gasteiger partial charge in [0.25, 0.3) is 0 Å². The largest absolute Gasteiger partial charge is 0.336 e. The van der Waals surface area contributed by atoms with Gasteiger partial charge in [0.05, 0.1) is 5.92 Å². The molecule has 150 valence electrons. The summed E-state index contributed by atoms with van der Waals surface area (Å²) >= 11 is 5.93. The van der Waals surface area contributed by atoms with E-state index >= 15 is 0 Å². The van der Waals surface area contributed by atoms with Gasteiger partial charge in [-0.15, -0.1) is 12.4 Å². The second-order valence-corrected chi connectivity index (χ2v) is 7.47. The van der Waals surface area contributed by atoms with Crippen LogP contribution in [0.15, 0.2) is 36.7 Å². The predicted molar refractivity (Wildman–Crippen MR) is 110 cm³/mol. The first-order chi connectivity index (χ1) is 13.0. The molecule has 9 heteroatoms. The van der Waals surface area contributed by atoms with Crippen molar-refractivity contribution in [3.05, 3.63) is 47.5 Å². The summed E-state index contributed by atoms with van der Waals surface area (Å²) in [5, 5.41) is 3.96. The summed E-state index contributed by atoms with van der Waals surface area (Å²) in [5.41, 5.74) is 0.778. The fourth-order valence-corrected chi connectivity index (χ4v) is 4.00. The minimum absolute atomic E-state index is 0. The number of carbonyl (C=O) groups is 2. The normalized spacial score (nSPS) is 22.3. The number of imidazole rings is 1. The van der Waals surface area contributed by atoms with E-state index in [-0.39, 0.29) is 42.6 Å². The van der Waals surface area contributed by atoms with Gasteiger partial charge in [0, 0.05) is 62.8 Å². The molecule has 2 aliphatic heterocycles. The predicted octanol–water partition coefficient (Wildman–Crippen LogP) is 2.02. The zero-order chi connectivity index (χ0) is 19.0. The van der Waals surface area contributed by atoms with E-state index in [4.69, 9.17) is 11.6 Å². The number of hydrogen-bond donors (Lipinski definition) is 1. The van der Waals surface area contributed by atoms with Crippen LogP contribution in [0.2, 0.25) is 5.02 Å². The Labute approximate surface area is 175 Å². The molecule has 2 saturated heterocycles. The molecule has 0 bridgehead atoms. The number of nitrogens with zero attached hydrogens (tertiary/aromatic N) is 4. The minimum atomic E-state index is -0.339. The Bertz CT molecular complexity index is 854. The maximum atomic E-state index is 13.3. The van der Waals surface area contributed by atoms with E-state index < -0.39 is 0 Å². The number of nitrogens with one attached hydrogen (secondary N) is 1. The van der Waals surface area contributed by atoms with Gasteiger partial charge in [-0.25, -0.2) is 4.98 Å². The third-order valence-electron chi connectivity index (χ3n) is 5.30. The third-order valence-corrected chi connectivity index (χ3v) is 5.55. The summed E-state index contributed by atoms with van der Waals surface area (Å²) in [6.07, 6.45) is 3.86. The number of piperazine rings is 1. The lowest BCUT2D eigenvalue weighted by molar-refractivity contribution is -0.139. The number of amides is 2. The second kappa shape index (κ2) is 8.51. The number of carbonyl (C=O) groups excluding carboxylic acids is 2. The molecule has 0 spiro atoms. The van der Waals surface area contributed by atoms with Crippen LogP contribution in [0.25, 0.3) is 0 Å². The number of hydrogen-bond acceptors (Lipinski definition) is 4. The highest BCUT2D eigenvalue weighted by Crippen LogP contribution is 2.30. The highest BCUT2D eigenvalue weighted by Gasteiger charge is 2.40. The molecule has 4 rings (SSSR count). The lowest BCUT2D eigenvalue weighted by atomic mass is 10.0. The van der Waals surface area contributed by atoms with Crippen molar-refractivity contribution in [1.29, 1.82) is 0 Å². The summed E-state index contributed by atoms with van der Waals surface area (Å²) in [4.78, 5) is 33.7. The number of aryl methyl sites for hydroxylation is 1. The van der Waals surface area contributed by atoms with Gasteiger partial charge in [0.2, 0.25) is 11.8 Å². The molecule has 28 heavy (non-hydrogen) atoms. The topological polar surface area (TPSA) is 70.5 Å². The minimum Gasteiger partial charge on any atom is -0.336 e. The molecule has 2 aromatic rings. The van der Waals surface area contributed by atoms with Gasteiger partial charge in [-0.2, -0.15) is 0 Å². The molecule has 2 amide bonds. The Hall–Kier alpha value is -2.09.